The van der Waals surface area contributed by atoms with Crippen LogP contribution in [0.2, 0.25) is 0 Å². The lowest BCUT2D eigenvalue weighted by molar-refractivity contribution is -0.0597. The number of fused-ring (bicyclic) bond motifs is 1. The Morgan fingerprint density at radius 2 is 1.69 bits per heavy atom. The molecule has 1 saturated heterocycles. The molecule has 142 valence electrons. The molecule has 1 atom stereocenters. The van der Waals surface area contributed by atoms with Crippen LogP contribution in [0.1, 0.15) is 36.8 Å². The van der Waals surface area contributed by atoms with Gasteiger partial charge < -0.3 is 16.4 Å². The molecule has 1 aliphatic carbocycles. The van der Waals surface area contributed by atoms with Gasteiger partial charge in [0.05, 0.1) is 5.69 Å². The monoisotopic (exact) mass is 367 g/mol. The van der Waals surface area contributed by atoms with Crippen molar-refractivity contribution in [1.29, 1.82) is 0 Å². The van der Waals surface area contributed by atoms with E-state index < -0.39 is 18.0 Å². The van der Waals surface area contributed by atoms with Crippen LogP contribution in [0.4, 0.5) is 18.9 Å². The highest BCUT2D eigenvalue weighted by Crippen LogP contribution is 2.28. The third-order valence-electron chi connectivity index (χ3n) is 5.11. The SMILES string of the molecule is NC(=Nc1ccc2c(c1)CCC(N1CCCC1)CC2)/N=C(\N)C(F)(F)F. The summed E-state index contributed by atoms with van der Waals surface area (Å²) >= 11 is 0. The minimum absolute atomic E-state index is 0.497. The summed E-state index contributed by atoms with van der Waals surface area (Å²) < 4.78 is 37.2. The van der Waals surface area contributed by atoms with E-state index in [1.54, 1.807) is 6.07 Å². The third-order valence-corrected chi connectivity index (χ3v) is 5.11. The summed E-state index contributed by atoms with van der Waals surface area (Å²) in [5.41, 5.74) is 13.3. The number of amidine groups is 1. The quantitative estimate of drug-likeness (QED) is 0.479. The molecule has 1 heterocycles. The van der Waals surface area contributed by atoms with Gasteiger partial charge in [-0.1, -0.05) is 6.07 Å². The molecule has 0 saturated carbocycles. The Morgan fingerprint density at radius 1 is 1.04 bits per heavy atom. The predicted molar refractivity (Wildman–Crippen MR) is 96.6 cm³/mol. The molecule has 1 unspecified atom stereocenters. The molecular weight excluding hydrogens is 343 g/mol. The molecule has 0 amide bonds. The number of hydrogen-bond donors (Lipinski definition) is 2. The molecule has 0 aromatic heterocycles. The van der Waals surface area contributed by atoms with Crippen molar-refractivity contribution < 1.29 is 13.2 Å². The van der Waals surface area contributed by atoms with Gasteiger partial charge in [-0.3, -0.25) is 0 Å². The first-order valence-electron chi connectivity index (χ1n) is 8.94. The Balaban J connectivity index is 1.73. The zero-order chi connectivity index (χ0) is 18.7. The average molecular weight is 367 g/mol. The number of likely N-dealkylation sites (tertiary alicyclic amines) is 1. The van der Waals surface area contributed by atoms with E-state index in [4.69, 9.17) is 11.5 Å². The number of aryl methyl sites for hydroxylation is 2. The fourth-order valence-corrected chi connectivity index (χ4v) is 3.76. The Kier molecular flexibility index (Phi) is 5.50. The van der Waals surface area contributed by atoms with Crippen LogP contribution in [0.3, 0.4) is 0 Å². The molecule has 1 fully saturated rings. The second-order valence-corrected chi connectivity index (χ2v) is 6.89. The Bertz CT molecular complexity index is 705. The number of alkyl halides is 3. The maximum absolute atomic E-state index is 12.4. The molecule has 26 heavy (non-hydrogen) atoms. The molecule has 1 aromatic carbocycles. The summed E-state index contributed by atoms with van der Waals surface area (Å²) in [5, 5.41) is 0. The van der Waals surface area contributed by atoms with Gasteiger partial charge in [0.15, 0.2) is 0 Å². The van der Waals surface area contributed by atoms with E-state index >= 15 is 0 Å². The average Bonchev–Trinajstić information content (AvgIpc) is 3.01. The summed E-state index contributed by atoms with van der Waals surface area (Å²) in [5.74, 6) is -2.00. The van der Waals surface area contributed by atoms with E-state index in [-0.39, 0.29) is 0 Å². The number of rotatable bonds is 2. The maximum atomic E-state index is 12.4. The van der Waals surface area contributed by atoms with Gasteiger partial charge in [0.25, 0.3) is 0 Å². The van der Waals surface area contributed by atoms with Gasteiger partial charge in [-0.2, -0.15) is 18.2 Å². The van der Waals surface area contributed by atoms with Crippen LogP contribution >= 0.6 is 0 Å². The van der Waals surface area contributed by atoms with Gasteiger partial charge in [0.1, 0.15) is 0 Å². The van der Waals surface area contributed by atoms with Crippen LogP contribution in [-0.4, -0.2) is 42.0 Å². The van der Waals surface area contributed by atoms with Crippen molar-refractivity contribution in [3.63, 3.8) is 0 Å². The van der Waals surface area contributed by atoms with E-state index in [0.29, 0.717) is 11.7 Å². The summed E-state index contributed by atoms with van der Waals surface area (Å²) in [4.78, 5) is 9.67. The Hall–Kier alpha value is -2.09. The van der Waals surface area contributed by atoms with Crippen LogP contribution in [-0.2, 0) is 12.8 Å². The first kappa shape index (κ1) is 18.7. The molecule has 5 nitrogen and oxygen atoms in total. The predicted octanol–water partition coefficient (Wildman–Crippen LogP) is 2.90. The lowest BCUT2D eigenvalue weighted by Gasteiger charge is -2.25. The van der Waals surface area contributed by atoms with E-state index in [9.17, 15) is 13.2 Å². The second kappa shape index (κ2) is 7.65. The van der Waals surface area contributed by atoms with Gasteiger partial charge in [-0.15, -0.1) is 0 Å². The minimum atomic E-state index is -4.71. The topological polar surface area (TPSA) is 80.0 Å². The first-order valence-corrected chi connectivity index (χ1v) is 8.94. The molecule has 4 N–H and O–H groups in total. The van der Waals surface area contributed by atoms with E-state index in [1.807, 2.05) is 12.1 Å². The fraction of sp³-hybridized carbons (Fsp3) is 0.556. The highest BCUT2D eigenvalue weighted by atomic mass is 19.4. The van der Waals surface area contributed by atoms with Crippen molar-refractivity contribution in [3.8, 4) is 0 Å². The smallest absolute Gasteiger partial charge is 0.379 e. The van der Waals surface area contributed by atoms with Gasteiger partial charge in [0, 0.05) is 6.04 Å². The van der Waals surface area contributed by atoms with Crippen molar-refractivity contribution >= 4 is 17.5 Å². The van der Waals surface area contributed by atoms with Crippen molar-refractivity contribution in [2.24, 2.45) is 21.5 Å². The first-order chi connectivity index (χ1) is 12.3. The maximum Gasteiger partial charge on any atom is 0.449 e. The van der Waals surface area contributed by atoms with Gasteiger partial charge in [0.2, 0.25) is 11.8 Å². The van der Waals surface area contributed by atoms with Crippen molar-refractivity contribution in [3.05, 3.63) is 29.3 Å². The van der Waals surface area contributed by atoms with Crippen molar-refractivity contribution in [2.75, 3.05) is 13.1 Å². The largest absolute Gasteiger partial charge is 0.449 e. The number of hydrogen-bond acceptors (Lipinski definition) is 2. The summed E-state index contributed by atoms with van der Waals surface area (Å²) in [6.45, 7) is 2.37. The minimum Gasteiger partial charge on any atom is -0.379 e. The molecule has 0 bridgehead atoms. The molecule has 1 aliphatic heterocycles. The number of halogens is 3. The second-order valence-electron chi connectivity index (χ2n) is 6.89. The van der Waals surface area contributed by atoms with Crippen LogP contribution in [0, 0.1) is 0 Å². The number of benzene rings is 1. The number of nitrogens with two attached hydrogens (primary N) is 2. The van der Waals surface area contributed by atoms with Gasteiger partial charge in [-0.25, -0.2) is 4.99 Å². The van der Waals surface area contributed by atoms with Crippen LogP contribution in [0.25, 0.3) is 0 Å². The van der Waals surface area contributed by atoms with E-state index in [0.717, 1.165) is 25.7 Å². The summed E-state index contributed by atoms with van der Waals surface area (Å²) in [6, 6.07) is 6.26. The molecule has 2 aliphatic rings. The highest BCUT2D eigenvalue weighted by molar-refractivity contribution is 5.98. The molecule has 0 spiro atoms. The Labute approximate surface area is 151 Å². The molecule has 3 rings (SSSR count). The van der Waals surface area contributed by atoms with E-state index in [2.05, 4.69) is 14.9 Å². The molecule has 8 heteroatoms. The zero-order valence-electron chi connectivity index (χ0n) is 14.6. The van der Waals surface area contributed by atoms with Crippen molar-refractivity contribution in [2.45, 2.75) is 50.7 Å². The molecule has 1 aromatic rings. The summed E-state index contributed by atoms with van der Waals surface area (Å²) in [7, 11) is 0. The highest BCUT2D eigenvalue weighted by Gasteiger charge is 2.33. The lowest BCUT2D eigenvalue weighted by atomic mass is 10.0. The number of aliphatic imine (C=N–C) groups is 2. The van der Waals surface area contributed by atoms with Gasteiger partial charge >= 0.3 is 6.18 Å². The number of guanidine groups is 1. The zero-order valence-corrected chi connectivity index (χ0v) is 14.6. The molecule has 0 radical (unpaired) electrons. The standard InChI is InChI=1S/C18H24F3N5/c19-18(20,21)16(22)25-17(23)24-14-6-3-12-4-7-15(8-5-13(12)11-14)26-9-1-2-10-26/h3,6,11,15H,1-2,4-5,7-10H2,(H4,22,23,24,25). The normalized spacial score (nSPS) is 23.0. The fourth-order valence-electron chi connectivity index (χ4n) is 3.76. The van der Waals surface area contributed by atoms with Crippen molar-refractivity contribution in [1.82, 2.24) is 4.90 Å². The summed E-state index contributed by atoms with van der Waals surface area (Å²) in [6.07, 6.45) is 2.03. The number of nitrogens with zero attached hydrogens (tertiary/aromatic N) is 3. The Morgan fingerprint density at radius 3 is 2.35 bits per heavy atom. The van der Waals surface area contributed by atoms with E-state index in [1.165, 1.54) is 37.1 Å². The van der Waals surface area contributed by atoms with Gasteiger partial charge in [-0.05, 0) is 74.9 Å². The molecular formula is C18H24F3N5. The van der Waals surface area contributed by atoms with Crippen LogP contribution in [0.5, 0.6) is 0 Å². The lowest BCUT2D eigenvalue weighted by Crippen LogP contribution is -2.33. The van der Waals surface area contributed by atoms with Crippen LogP contribution < -0.4 is 11.5 Å². The third kappa shape index (κ3) is 4.55. The van der Waals surface area contributed by atoms with Crippen LogP contribution in [0.15, 0.2) is 28.2 Å².